The lowest BCUT2D eigenvalue weighted by Gasteiger charge is -2.20. The van der Waals surface area contributed by atoms with Gasteiger partial charge in [0.15, 0.2) is 0 Å². The maximum absolute atomic E-state index is 11.5. The molecular weight excluding hydrogens is 220 g/mol. The van der Waals surface area contributed by atoms with Gasteiger partial charge in [0.05, 0.1) is 0 Å². The lowest BCUT2D eigenvalue weighted by molar-refractivity contribution is -0.140. The van der Waals surface area contributed by atoms with E-state index in [1.54, 1.807) is 0 Å². The third kappa shape index (κ3) is 6.81. The molecule has 0 saturated heterocycles. The Morgan fingerprint density at radius 2 is 1.82 bits per heavy atom. The van der Waals surface area contributed by atoms with Gasteiger partial charge in [-0.15, -0.1) is 0 Å². The highest BCUT2D eigenvalue weighted by atomic mass is 16.4. The van der Waals surface area contributed by atoms with Crippen LogP contribution in [0.5, 0.6) is 0 Å². The van der Waals surface area contributed by atoms with Gasteiger partial charge in [-0.2, -0.15) is 0 Å². The number of hydrogen-bond acceptors (Lipinski definition) is 2. The normalized spacial score (nSPS) is 14.2. The zero-order valence-corrected chi connectivity index (χ0v) is 11.1. The summed E-state index contributed by atoms with van der Waals surface area (Å²) in [6.45, 7) is 8.42. The Kier molecular flexibility index (Phi) is 7.34. The summed E-state index contributed by atoms with van der Waals surface area (Å²) in [7, 11) is 0. The summed E-state index contributed by atoms with van der Waals surface area (Å²) in [5.74, 6) is -0.554. The number of nitrogens with one attached hydrogen (secondary N) is 2. The van der Waals surface area contributed by atoms with Crippen LogP contribution in [0.15, 0.2) is 0 Å². The van der Waals surface area contributed by atoms with Crippen LogP contribution in [-0.2, 0) is 4.79 Å². The van der Waals surface area contributed by atoms with Gasteiger partial charge in [0.25, 0.3) is 0 Å². The Bertz CT molecular complexity index is 254. The quantitative estimate of drug-likeness (QED) is 0.639. The molecule has 5 nitrogen and oxygen atoms in total. The van der Waals surface area contributed by atoms with Crippen LogP contribution in [0.25, 0.3) is 0 Å². The zero-order chi connectivity index (χ0) is 13.4. The van der Waals surface area contributed by atoms with Gasteiger partial charge >= 0.3 is 12.0 Å². The summed E-state index contributed by atoms with van der Waals surface area (Å²) in [5.41, 5.74) is 0. The van der Waals surface area contributed by atoms with Crippen molar-refractivity contribution in [3.05, 3.63) is 0 Å². The second-order valence-electron chi connectivity index (χ2n) is 4.78. The van der Waals surface area contributed by atoms with E-state index in [0.717, 1.165) is 6.42 Å². The summed E-state index contributed by atoms with van der Waals surface area (Å²) < 4.78 is 0. The lowest BCUT2D eigenvalue weighted by Crippen LogP contribution is -2.49. The zero-order valence-electron chi connectivity index (χ0n) is 11.1. The van der Waals surface area contributed by atoms with Crippen molar-refractivity contribution in [2.75, 3.05) is 6.54 Å². The van der Waals surface area contributed by atoms with E-state index < -0.39 is 18.0 Å². The van der Waals surface area contributed by atoms with E-state index in [4.69, 9.17) is 5.11 Å². The molecule has 0 bridgehead atoms. The molecule has 2 amide bonds. The van der Waals surface area contributed by atoms with E-state index in [-0.39, 0.29) is 5.92 Å². The highest BCUT2D eigenvalue weighted by Gasteiger charge is 2.24. The number of carboxylic acid groups (broad SMARTS) is 1. The molecule has 0 rings (SSSR count). The van der Waals surface area contributed by atoms with E-state index >= 15 is 0 Å². The highest BCUT2D eigenvalue weighted by molar-refractivity contribution is 5.82. The Hall–Kier alpha value is -1.26. The van der Waals surface area contributed by atoms with Crippen molar-refractivity contribution >= 4 is 12.0 Å². The average Bonchev–Trinajstić information content (AvgIpc) is 2.24. The van der Waals surface area contributed by atoms with E-state index in [9.17, 15) is 9.59 Å². The number of urea groups is 1. The first kappa shape index (κ1) is 15.7. The number of aliphatic carboxylic acids is 1. The van der Waals surface area contributed by atoms with Crippen LogP contribution in [-0.4, -0.2) is 29.7 Å². The summed E-state index contributed by atoms with van der Waals surface area (Å²) >= 11 is 0. The van der Waals surface area contributed by atoms with Crippen LogP contribution in [0.4, 0.5) is 4.79 Å². The van der Waals surface area contributed by atoms with E-state index in [0.29, 0.717) is 18.9 Å². The molecule has 0 aromatic carbocycles. The number of rotatable bonds is 7. The topological polar surface area (TPSA) is 78.4 Å². The van der Waals surface area contributed by atoms with Gasteiger partial charge < -0.3 is 15.7 Å². The number of amides is 2. The Morgan fingerprint density at radius 3 is 2.24 bits per heavy atom. The van der Waals surface area contributed by atoms with Crippen molar-refractivity contribution in [1.82, 2.24) is 10.6 Å². The van der Waals surface area contributed by atoms with Gasteiger partial charge in [-0.3, -0.25) is 0 Å². The second-order valence-corrected chi connectivity index (χ2v) is 4.78. The first-order valence-electron chi connectivity index (χ1n) is 6.15. The van der Waals surface area contributed by atoms with Crippen LogP contribution in [0, 0.1) is 11.8 Å². The predicted octanol–water partition coefficient (Wildman–Crippen LogP) is 1.83. The molecule has 0 heterocycles. The van der Waals surface area contributed by atoms with Gasteiger partial charge in [0, 0.05) is 6.54 Å². The standard InChI is InChI=1S/C12H24N2O3/c1-5-9(4)10(11(15)16)14-12(17)13-7-6-8(2)3/h8-10H,5-7H2,1-4H3,(H,15,16)(H2,13,14,17)/t9?,10-/m0/s1. The van der Waals surface area contributed by atoms with Crippen molar-refractivity contribution in [2.45, 2.75) is 46.6 Å². The van der Waals surface area contributed by atoms with Gasteiger partial charge in [-0.05, 0) is 18.3 Å². The van der Waals surface area contributed by atoms with Crippen LogP contribution in [0.3, 0.4) is 0 Å². The molecule has 0 fully saturated rings. The molecule has 0 saturated carbocycles. The second kappa shape index (κ2) is 7.92. The lowest BCUT2D eigenvalue weighted by atomic mass is 9.99. The summed E-state index contributed by atoms with van der Waals surface area (Å²) in [6, 6.07) is -1.22. The monoisotopic (exact) mass is 244 g/mol. The maximum Gasteiger partial charge on any atom is 0.326 e. The average molecular weight is 244 g/mol. The minimum atomic E-state index is -0.988. The van der Waals surface area contributed by atoms with Gasteiger partial charge in [-0.25, -0.2) is 9.59 Å². The Balaban J connectivity index is 4.09. The Labute approximate surface area is 103 Å². The van der Waals surface area contributed by atoms with Crippen molar-refractivity contribution in [3.63, 3.8) is 0 Å². The molecule has 17 heavy (non-hydrogen) atoms. The number of carboxylic acids is 1. The van der Waals surface area contributed by atoms with Crippen LogP contribution < -0.4 is 10.6 Å². The third-order valence-corrected chi connectivity index (χ3v) is 2.77. The molecule has 0 aliphatic heterocycles. The number of hydrogen-bond donors (Lipinski definition) is 3. The third-order valence-electron chi connectivity index (χ3n) is 2.77. The van der Waals surface area contributed by atoms with Crippen LogP contribution in [0.1, 0.15) is 40.5 Å². The van der Waals surface area contributed by atoms with Gasteiger partial charge in [0.1, 0.15) is 6.04 Å². The fourth-order valence-corrected chi connectivity index (χ4v) is 1.35. The summed E-state index contributed by atoms with van der Waals surface area (Å²) in [4.78, 5) is 22.4. The van der Waals surface area contributed by atoms with Crippen LogP contribution >= 0.6 is 0 Å². The van der Waals surface area contributed by atoms with Crippen molar-refractivity contribution in [2.24, 2.45) is 11.8 Å². The minimum absolute atomic E-state index is 0.0802. The minimum Gasteiger partial charge on any atom is -0.480 e. The van der Waals surface area contributed by atoms with Crippen molar-refractivity contribution in [3.8, 4) is 0 Å². The highest BCUT2D eigenvalue weighted by Crippen LogP contribution is 2.07. The summed E-state index contributed by atoms with van der Waals surface area (Å²) in [5, 5.41) is 14.2. The van der Waals surface area contributed by atoms with Gasteiger partial charge in [0.2, 0.25) is 0 Å². The predicted molar refractivity (Wildman–Crippen MR) is 66.9 cm³/mol. The molecule has 0 radical (unpaired) electrons. The first-order chi connectivity index (χ1) is 7.88. The molecule has 5 heteroatoms. The molecule has 0 spiro atoms. The molecule has 3 N–H and O–H groups in total. The molecule has 0 aromatic heterocycles. The van der Waals surface area contributed by atoms with Gasteiger partial charge in [-0.1, -0.05) is 34.1 Å². The Morgan fingerprint density at radius 1 is 1.24 bits per heavy atom. The van der Waals surface area contributed by atoms with E-state index in [2.05, 4.69) is 24.5 Å². The largest absolute Gasteiger partial charge is 0.480 e. The number of carbonyl (C=O) groups excluding carboxylic acids is 1. The maximum atomic E-state index is 11.5. The van der Waals surface area contributed by atoms with Crippen LogP contribution in [0.2, 0.25) is 0 Å². The molecule has 0 aliphatic carbocycles. The molecule has 1 unspecified atom stereocenters. The fourth-order valence-electron chi connectivity index (χ4n) is 1.35. The van der Waals surface area contributed by atoms with Crippen molar-refractivity contribution < 1.29 is 14.7 Å². The molecule has 2 atom stereocenters. The first-order valence-corrected chi connectivity index (χ1v) is 6.15. The van der Waals surface area contributed by atoms with E-state index in [1.165, 1.54) is 0 Å². The summed E-state index contributed by atoms with van der Waals surface area (Å²) in [6.07, 6.45) is 1.59. The molecule has 100 valence electrons. The SMILES string of the molecule is CCC(C)[C@H](NC(=O)NCCC(C)C)C(=O)O. The van der Waals surface area contributed by atoms with E-state index in [1.807, 2.05) is 13.8 Å². The number of carbonyl (C=O) groups is 2. The molecule has 0 aromatic rings. The smallest absolute Gasteiger partial charge is 0.326 e. The fraction of sp³-hybridized carbons (Fsp3) is 0.833. The van der Waals surface area contributed by atoms with Crippen molar-refractivity contribution in [1.29, 1.82) is 0 Å². The molecular formula is C12H24N2O3. The molecule has 0 aliphatic rings.